The number of carbonyl (C=O) groups is 1. The Bertz CT molecular complexity index is 658. The zero-order valence-electron chi connectivity index (χ0n) is 13.4. The van der Waals surface area contributed by atoms with E-state index in [0.717, 1.165) is 11.3 Å². The van der Waals surface area contributed by atoms with E-state index in [1.165, 1.54) is 6.20 Å². The molecule has 0 saturated heterocycles. The van der Waals surface area contributed by atoms with Gasteiger partial charge in [0.1, 0.15) is 11.5 Å². The zero-order chi connectivity index (χ0) is 19.0. The van der Waals surface area contributed by atoms with Gasteiger partial charge in [0.05, 0.1) is 11.9 Å². The van der Waals surface area contributed by atoms with E-state index in [1.54, 1.807) is 12.4 Å². The first-order valence-electron chi connectivity index (χ1n) is 6.27. The Balaban J connectivity index is 0. The molecule has 0 radical (unpaired) electrons. The second kappa shape index (κ2) is 14.1. The van der Waals surface area contributed by atoms with E-state index in [9.17, 15) is 4.79 Å². The topological polar surface area (TPSA) is 154 Å². The number of nitrogens with one attached hydrogen (secondary N) is 1. The smallest absolute Gasteiger partial charge is 0.277 e. The maximum absolute atomic E-state index is 11.8. The number of hydrazone groups is 1. The molecular formula is C15H18N8O. The summed E-state index contributed by atoms with van der Waals surface area (Å²) >= 11 is 0. The van der Waals surface area contributed by atoms with Gasteiger partial charge < -0.3 is 11.2 Å². The van der Waals surface area contributed by atoms with Crippen molar-refractivity contribution in [2.45, 2.75) is 13.8 Å². The normalized spacial score (nSPS) is 7.75. The second-order valence-electron chi connectivity index (χ2n) is 3.85. The molecule has 0 aromatic carbocycles. The first-order chi connectivity index (χ1) is 11.6. The minimum Gasteiger partial charge on any atom is -0.324 e. The second-order valence-corrected chi connectivity index (χ2v) is 3.85. The Hall–Kier alpha value is -3.85. The Labute approximate surface area is 140 Å². The van der Waals surface area contributed by atoms with Crippen LogP contribution in [0.2, 0.25) is 0 Å². The summed E-state index contributed by atoms with van der Waals surface area (Å²) in [5, 5.41) is 18.4. The van der Waals surface area contributed by atoms with Gasteiger partial charge in [-0.25, -0.2) is 20.5 Å². The zero-order valence-corrected chi connectivity index (χ0v) is 13.4. The molecule has 0 aliphatic heterocycles. The van der Waals surface area contributed by atoms with Gasteiger partial charge in [-0.15, -0.1) is 0 Å². The van der Waals surface area contributed by atoms with Crippen LogP contribution in [0.3, 0.4) is 0 Å². The summed E-state index contributed by atoms with van der Waals surface area (Å²) < 4.78 is 0. The molecule has 0 atom stereocenters. The number of nitrogens with two attached hydrogens (primary N) is 1. The van der Waals surface area contributed by atoms with Crippen molar-refractivity contribution in [2.24, 2.45) is 10.9 Å². The molecule has 0 unspecified atom stereocenters. The first-order valence-corrected chi connectivity index (χ1v) is 6.27. The molecular weight excluding hydrogens is 308 g/mol. The quantitative estimate of drug-likeness (QED) is 0.482. The lowest BCUT2D eigenvalue weighted by Gasteiger charge is -2.05. The fourth-order valence-corrected chi connectivity index (χ4v) is 1.30. The molecule has 1 amide bonds. The molecule has 24 heavy (non-hydrogen) atoms. The Morgan fingerprint density at radius 2 is 1.79 bits per heavy atom. The van der Waals surface area contributed by atoms with Crippen molar-refractivity contribution in [1.29, 1.82) is 10.5 Å². The number of amides is 1. The summed E-state index contributed by atoms with van der Waals surface area (Å²) in [6.45, 7) is 13.6. The van der Waals surface area contributed by atoms with Crippen LogP contribution >= 0.6 is 0 Å². The summed E-state index contributed by atoms with van der Waals surface area (Å²) in [4.78, 5) is 23.9. The monoisotopic (exact) mass is 326 g/mol. The van der Waals surface area contributed by atoms with Gasteiger partial charge in [-0.3, -0.25) is 9.78 Å². The van der Waals surface area contributed by atoms with E-state index >= 15 is 0 Å². The van der Waals surface area contributed by atoms with Crippen LogP contribution in [0.1, 0.15) is 21.7 Å². The highest BCUT2D eigenvalue weighted by Crippen LogP contribution is 2.10. The van der Waals surface area contributed by atoms with Crippen molar-refractivity contribution in [3.05, 3.63) is 47.7 Å². The highest BCUT2D eigenvalue weighted by molar-refractivity contribution is 6.02. The number of nitrogens with zero attached hydrogens (tertiary/aromatic N) is 6. The molecule has 2 aromatic rings. The Kier molecular flexibility index (Phi) is 13.2. The Morgan fingerprint density at radius 1 is 1.21 bits per heavy atom. The standard InChI is InChI=1S/C12H12N4O.CH4N2.2CHN/c1-8-4-3-5-13-11(8)16-12(17)10-7-14-9(2)6-15-10;1-3-2;2*1-2/h3-7H,1-2H3,(H,13,16,17);1-2H2;2*1H. The van der Waals surface area contributed by atoms with E-state index in [0.29, 0.717) is 5.82 Å². The average Bonchev–Trinajstić information content (AvgIpc) is 2.62. The van der Waals surface area contributed by atoms with Gasteiger partial charge in [0.15, 0.2) is 0 Å². The van der Waals surface area contributed by atoms with Gasteiger partial charge in [-0.1, -0.05) is 6.07 Å². The third kappa shape index (κ3) is 8.44. The molecule has 0 bridgehead atoms. The third-order valence-corrected chi connectivity index (χ3v) is 2.25. The maximum atomic E-state index is 11.8. The summed E-state index contributed by atoms with van der Waals surface area (Å²) in [7, 11) is 0. The van der Waals surface area contributed by atoms with Crippen LogP contribution in [0.25, 0.3) is 0 Å². The number of aryl methyl sites for hydroxylation is 2. The number of carbonyl (C=O) groups excluding carboxylic acids is 1. The highest BCUT2D eigenvalue weighted by Gasteiger charge is 2.09. The summed E-state index contributed by atoms with van der Waals surface area (Å²) in [6.07, 6.45) is 4.63. The number of aromatic nitrogens is 3. The molecule has 124 valence electrons. The minimum atomic E-state index is -0.306. The van der Waals surface area contributed by atoms with Gasteiger partial charge >= 0.3 is 0 Å². The number of pyridine rings is 1. The molecule has 0 aliphatic carbocycles. The lowest BCUT2D eigenvalue weighted by atomic mass is 10.3. The van der Waals surface area contributed by atoms with E-state index in [4.69, 9.17) is 10.5 Å². The van der Waals surface area contributed by atoms with Gasteiger partial charge in [0.25, 0.3) is 5.91 Å². The predicted octanol–water partition coefficient (Wildman–Crippen LogP) is 1.58. The maximum Gasteiger partial charge on any atom is 0.277 e. The highest BCUT2D eigenvalue weighted by atomic mass is 16.1. The molecule has 9 heteroatoms. The SMILES string of the molecule is C#N.C#N.C=NN.Cc1cnc(C(=O)Nc2ncccc2C)cn1. The summed E-state index contributed by atoms with van der Waals surface area (Å²) in [5.74, 6) is 4.60. The van der Waals surface area contributed by atoms with E-state index < -0.39 is 0 Å². The minimum absolute atomic E-state index is 0.278. The number of rotatable bonds is 2. The van der Waals surface area contributed by atoms with Crippen molar-refractivity contribution in [3.63, 3.8) is 0 Å². The number of hydrogen-bond acceptors (Lipinski definition) is 8. The average molecular weight is 326 g/mol. The van der Waals surface area contributed by atoms with Crippen LogP contribution in [0, 0.1) is 37.5 Å². The third-order valence-electron chi connectivity index (χ3n) is 2.25. The van der Waals surface area contributed by atoms with Crippen LogP contribution < -0.4 is 11.2 Å². The summed E-state index contributed by atoms with van der Waals surface area (Å²) in [6, 6.07) is 3.69. The van der Waals surface area contributed by atoms with Crippen molar-refractivity contribution in [2.75, 3.05) is 5.32 Å². The van der Waals surface area contributed by atoms with Crippen LogP contribution in [-0.4, -0.2) is 27.6 Å². The number of anilines is 1. The van der Waals surface area contributed by atoms with Gasteiger partial charge in [0.2, 0.25) is 0 Å². The first kappa shape index (κ1) is 22.4. The fraction of sp³-hybridized carbons (Fsp3) is 0.133. The van der Waals surface area contributed by atoms with Crippen molar-refractivity contribution in [1.82, 2.24) is 15.0 Å². The van der Waals surface area contributed by atoms with E-state index in [1.807, 2.05) is 26.0 Å². The number of nitriles is 2. The molecule has 2 aromatic heterocycles. The molecule has 0 saturated carbocycles. The van der Waals surface area contributed by atoms with Gasteiger partial charge in [0, 0.05) is 32.3 Å². The van der Waals surface area contributed by atoms with Crippen LogP contribution in [-0.2, 0) is 0 Å². The van der Waals surface area contributed by atoms with Gasteiger partial charge in [-0.2, -0.15) is 5.10 Å². The van der Waals surface area contributed by atoms with Crippen molar-refractivity contribution < 1.29 is 4.79 Å². The molecule has 0 aliphatic rings. The lowest BCUT2D eigenvalue weighted by Crippen LogP contribution is -2.15. The van der Waals surface area contributed by atoms with E-state index in [-0.39, 0.29) is 11.6 Å². The largest absolute Gasteiger partial charge is 0.324 e. The van der Waals surface area contributed by atoms with Crippen LogP contribution in [0.4, 0.5) is 5.82 Å². The molecule has 0 fully saturated rings. The van der Waals surface area contributed by atoms with Gasteiger partial charge in [-0.05, 0) is 25.5 Å². The molecule has 3 N–H and O–H groups in total. The fourth-order valence-electron chi connectivity index (χ4n) is 1.30. The van der Waals surface area contributed by atoms with Crippen LogP contribution in [0.5, 0.6) is 0 Å². The molecule has 2 heterocycles. The van der Waals surface area contributed by atoms with Crippen LogP contribution in [0.15, 0.2) is 35.8 Å². The molecule has 0 spiro atoms. The van der Waals surface area contributed by atoms with E-state index in [2.05, 4.69) is 51.1 Å². The lowest BCUT2D eigenvalue weighted by molar-refractivity contribution is 0.102. The predicted molar refractivity (Wildman–Crippen MR) is 90.8 cm³/mol. The van der Waals surface area contributed by atoms with Crippen molar-refractivity contribution in [3.8, 4) is 13.1 Å². The number of hydrogen-bond donors (Lipinski definition) is 2. The molecule has 9 nitrogen and oxygen atoms in total. The Morgan fingerprint density at radius 3 is 2.25 bits per heavy atom. The summed E-state index contributed by atoms with van der Waals surface area (Å²) in [5.41, 5.74) is 1.96. The molecule has 2 rings (SSSR count). The van der Waals surface area contributed by atoms with Crippen molar-refractivity contribution >= 4 is 18.4 Å².